The molecule has 0 saturated heterocycles. The first-order chi connectivity index (χ1) is 6.07. The van der Waals surface area contributed by atoms with Crippen molar-refractivity contribution in [2.75, 3.05) is 0 Å². The normalized spacial score (nSPS) is 12.9. The summed E-state index contributed by atoms with van der Waals surface area (Å²) in [6.07, 6.45) is 0.742. The van der Waals surface area contributed by atoms with E-state index in [1.54, 1.807) is 12.1 Å². The van der Waals surface area contributed by atoms with Crippen LogP contribution in [0, 0.1) is 0 Å². The Balaban J connectivity index is 3.18. The molecule has 0 aromatic heterocycles. The van der Waals surface area contributed by atoms with Crippen molar-refractivity contribution in [2.45, 2.75) is 19.4 Å². The van der Waals surface area contributed by atoms with Gasteiger partial charge in [-0.1, -0.05) is 36.2 Å². The minimum Gasteiger partial charge on any atom is -0.506 e. The van der Waals surface area contributed by atoms with Gasteiger partial charge in [0.15, 0.2) is 0 Å². The van der Waals surface area contributed by atoms with Crippen LogP contribution in [-0.4, -0.2) is 5.11 Å². The van der Waals surface area contributed by atoms with Crippen LogP contribution in [0.4, 0.5) is 0 Å². The van der Waals surface area contributed by atoms with E-state index in [4.69, 9.17) is 28.9 Å². The molecule has 1 rings (SSSR count). The summed E-state index contributed by atoms with van der Waals surface area (Å²) >= 11 is 11.4. The van der Waals surface area contributed by atoms with Crippen LogP contribution in [0.25, 0.3) is 0 Å². The molecule has 0 saturated carbocycles. The zero-order valence-electron chi connectivity index (χ0n) is 7.22. The van der Waals surface area contributed by atoms with Crippen LogP contribution in [0.1, 0.15) is 24.9 Å². The SMILES string of the molecule is CC[C@H](N)c1ccc(Cl)c(Cl)c1O. The molecule has 0 heterocycles. The van der Waals surface area contributed by atoms with Crippen molar-refractivity contribution in [1.82, 2.24) is 0 Å². The zero-order chi connectivity index (χ0) is 10.0. The number of phenols is 1. The lowest BCUT2D eigenvalue weighted by Crippen LogP contribution is -2.08. The van der Waals surface area contributed by atoms with Crippen LogP contribution in [0.15, 0.2) is 12.1 Å². The largest absolute Gasteiger partial charge is 0.506 e. The molecule has 0 fully saturated rings. The average molecular weight is 220 g/mol. The van der Waals surface area contributed by atoms with Gasteiger partial charge in [-0.3, -0.25) is 0 Å². The van der Waals surface area contributed by atoms with Crippen molar-refractivity contribution in [1.29, 1.82) is 0 Å². The fourth-order valence-electron chi connectivity index (χ4n) is 1.07. The Morgan fingerprint density at radius 1 is 1.46 bits per heavy atom. The molecular weight excluding hydrogens is 209 g/mol. The van der Waals surface area contributed by atoms with Crippen LogP contribution in [-0.2, 0) is 0 Å². The summed E-state index contributed by atoms with van der Waals surface area (Å²) in [4.78, 5) is 0. The first-order valence-electron chi connectivity index (χ1n) is 4.00. The van der Waals surface area contributed by atoms with Gasteiger partial charge in [-0.2, -0.15) is 0 Å². The maximum atomic E-state index is 9.58. The zero-order valence-corrected chi connectivity index (χ0v) is 8.73. The summed E-state index contributed by atoms with van der Waals surface area (Å²) in [5.41, 5.74) is 6.39. The summed E-state index contributed by atoms with van der Waals surface area (Å²) < 4.78 is 0. The van der Waals surface area contributed by atoms with E-state index in [-0.39, 0.29) is 16.8 Å². The van der Waals surface area contributed by atoms with Crippen LogP contribution in [0.2, 0.25) is 10.0 Å². The Bertz CT molecular complexity index is 315. The summed E-state index contributed by atoms with van der Waals surface area (Å²) in [7, 11) is 0. The molecule has 0 amide bonds. The van der Waals surface area contributed by atoms with Gasteiger partial charge in [-0.25, -0.2) is 0 Å². The van der Waals surface area contributed by atoms with E-state index in [0.717, 1.165) is 6.42 Å². The van der Waals surface area contributed by atoms with Crippen molar-refractivity contribution in [3.63, 3.8) is 0 Å². The van der Waals surface area contributed by atoms with E-state index >= 15 is 0 Å². The minimum atomic E-state index is -0.199. The summed E-state index contributed by atoms with van der Waals surface area (Å²) in [5.74, 6) is -0.0106. The highest BCUT2D eigenvalue weighted by molar-refractivity contribution is 6.43. The molecule has 0 aliphatic carbocycles. The Labute approximate surface area is 87.3 Å². The van der Waals surface area contributed by atoms with Crippen molar-refractivity contribution < 1.29 is 5.11 Å². The Morgan fingerprint density at radius 3 is 2.62 bits per heavy atom. The number of benzene rings is 1. The fraction of sp³-hybridized carbons (Fsp3) is 0.333. The quantitative estimate of drug-likeness (QED) is 0.804. The van der Waals surface area contributed by atoms with E-state index in [1.807, 2.05) is 6.92 Å². The monoisotopic (exact) mass is 219 g/mol. The highest BCUT2D eigenvalue weighted by Gasteiger charge is 2.13. The number of nitrogens with two attached hydrogens (primary N) is 1. The predicted octanol–water partition coefficient (Wildman–Crippen LogP) is 3.11. The molecule has 72 valence electrons. The maximum Gasteiger partial charge on any atom is 0.140 e. The summed E-state index contributed by atoms with van der Waals surface area (Å²) in [6, 6.07) is 3.13. The maximum absolute atomic E-state index is 9.58. The highest BCUT2D eigenvalue weighted by atomic mass is 35.5. The fourth-order valence-corrected chi connectivity index (χ4v) is 1.40. The van der Waals surface area contributed by atoms with Gasteiger partial charge in [0, 0.05) is 11.6 Å². The Kier molecular flexibility index (Phi) is 3.42. The van der Waals surface area contributed by atoms with E-state index in [9.17, 15) is 5.11 Å². The van der Waals surface area contributed by atoms with Crippen molar-refractivity contribution in [2.24, 2.45) is 5.73 Å². The van der Waals surface area contributed by atoms with Gasteiger partial charge >= 0.3 is 0 Å². The minimum absolute atomic E-state index is 0.0106. The number of rotatable bonds is 2. The van der Waals surface area contributed by atoms with Crippen LogP contribution < -0.4 is 5.73 Å². The van der Waals surface area contributed by atoms with Gasteiger partial charge in [-0.15, -0.1) is 0 Å². The molecule has 2 nitrogen and oxygen atoms in total. The van der Waals surface area contributed by atoms with Gasteiger partial charge in [0.05, 0.1) is 5.02 Å². The van der Waals surface area contributed by atoms with E-state index < -0.39 is 0 Å². The summed E-state index contributed by atoms with van der Waals surface area (Å²) in [5, 5.41) is 10.1. The second kappa shape index (κ2) is 4.18. The Hall–Kier alpha value is -0.440. The van der Waals surface area contributed by atoms with E-state index in [2.05, 4.69) is 0 Å². The molecule has 3 N–H and O–H groups in total. The first kappa shape index (κ1) is 10.6. The number of hydrogen-bond donors (Lipinski definition) is 2. The van der Waals surface area contributed by atoms with Crippen molar-refractivity contribution in [3.05, 3.63) is 27.7 Å². The molecule has 1 atom stereocenters. The highest BCUT2D eigenvalue weighted by Crippen LogP contribution is 2.36. The topological polar surface area (TPSA) is 46.2 Å². The number of aromatic hydroxyl groups is 1. The Morgan fingerprint density at radius 2 is 2.08 bits per heavy atom. The standard InChI is InChI=1S/C9H11Cl2NO/c1-2-7(12)5-3-4-6(10)8(11)9(5)13/h3-4,7,13H,2,12H2,1H3/t7-/m0/s1. The molecule has 4 heteroatoms. The smallest absolute Gasteiger partial charge is 0.140 e. The lowest BCUT2D eigenvalue weighted by molar-refractivity contribution is 0.460. The van der Waals surface area contributed by atoms with Crippen molar-refractivity contribution in [3.8, 4) is 5.75 Å². The van der Waals surface area contributed by atoms with E-state index in [1.165, 1.54) is 0 Å². The molecule has 0 bridgehead atoms. The molecule has 1 aromatic rings. The van der Waals surface area contributed by atoms with Gasteiger partial charge in [0.25, 0.3) is 0 Å². The molecule has 0 radical (unpaired) electrons. The molecule has 1 aromatic carbocycles. The van der Waals surface area contributed by atoms with Crippen LogP contribution in [0.5, 0.6) is 5.75 Å². The molecule has 0 unspecified atom stereocenters. The van der Waals surface area contributed by atoms with Crippen molar-refractivity contribution >= 4 is 23.2 Å². The molecular formula is C9H11Cl2NO. The van der Waals surface area contributed by atoms with Crippen LogP contribution in [0.3, 0.4) is 0 Å². The van der Waals surface area contributed by atoms with Gasteiger partial charge in [-0.05, 0) is 12.5 Å². The lowest BCUT2D eigenvalue weighted by Gasteiger charge is -2.12. The second-order valence-corrected chi connectivity index (χ2v) is 3.60. The van der Waals surface area contributed by atoms with Gasteiger partial charge in [0.2, 0.25) is 0 Å². The second-order valence-electron chi connectivity index (χ2n) is 2.81. The van der Waals surface area contributed by atoms with E-state index in [0.29, 0.717) is 10.6 Å². The molecule has 13 heavy (non-hydrogen) atoms. The van der Waals surface area contributed by atoms with Crippen LogP contribution >= 0.6 is 23.2 Å². The third kappa shape index (κ3) is 2.08. The lowest BCUT2D eigenvalue weighted by atomic mass is 10.0. The number of phenolic OH excluding ortho intramolecular Hbond substituents is 1. The predicted molar refractivity (Wildman–Crippen MR) is 55.3 cm³/mol. The third-order valence-electron chi connectivity index (χ3n) is 1.94. The molecule has 0 aliphatic rings. The number of halogens is 2. The molecule has 0 spiro atoms. The average Bonchev–Trinajstić information content (AvgIpc) is 2.13. The van der Waals surface area contributed by atoms with Gasteiger partial charge in [0.1, 0.15) is 10.8 Å². The summed E-state index contributed by atoms with van der Waals surface area (Å²) in [6.45, 7) is 1.94. The molecule has 0 aliphatic heterocycles. The number of hydrogen-bond acceptors (Lipinski definition) is 2. The first-order valence-corrected chi connectivity index (χ1v) is 4.76. The van der Waals surface area contributed by atoms with Gasteiger partial charge < -0.3 is 10.8 Å². The third-order valence-corrected chi connectivity index (χ3v) is 2.73.